The minimum atomic E-state index is 0.637. The first kappa shape index (κ1) is 50.0. The predicted molar refractivity (Wildman–Crippen MR) is 234 cm³/mol. The van der Waals surface area contributed by atoms with Crippen LogP contribution in [-0.2, 0) is 19.3 Å². The van der Waals surface area contributed by atoms with Crippen LogP contribution in [0.3, 0.4) is 0 Å². The van der Waals surface area contributed by atoms with E-state index in [0.717, 1.165) is 12.8 Å². The summed E-state index contributed by atoms with van der Waals surface area (Å²) in [6.07, 6.45) is 53.2. The van der Waals surface area contributed by atoms with Crippen molar-refractivity contribution in [2.45, 2.75) is 285 Å². The number of rotatable bonds is 38. The van der Waals surface area contributed by atoms with E-state index in [9.17, 15) is 5.11 Å². The van der Waals surface area contributed by atoms with Crippen molar-refractivity contribution in [3.05, 3.63) is 28.8 Å². The topological polar surface area (TPSA) is 20.2 Å². The van der Waals surface area contributed by atoms with Crippen LogP contribution in [0.4, 0.5) is 0 Å². The van der Waals surface area contributed by atoms with Crippen molar-refractivity contribution in [2.75, 3.05) is 0 Å². The Morgan fingerprint density at radius 3 is 0.725 bits per heavy atom. The molecule has 0 aliphatic carbocycles. The number of unbranched alkanes of at least 4 members (excludes halogenated alkanes) is 32. The highest BCUT2D eigenvalue weighted by molar-refractivity contribution is 5.44. The Balaban J connectivity index is 0.00000321. The summed E-state index contributed by atoms with van der Waals surface area (Å²) in [5.41, 5.74) is 3.96. The molecule has 0 unspecified atom stereocenters. The van der Waals surface area contributed by atoms with E-state index in [2.05, 4.69) is 46.8 Å². The van der Waals surface area contributed by atoms with Gasteiger partial charge in [-0.15, -0.1) is 0 Å². The van der Waals surface area contributed by atoms with Gasteiger partial charge >= 0.3 is 0 Å². The Kier molecular flexibility index (Phi) is 41.0. The summed E-state index contributed by atoms with van der Waals surface area (Å²) in [6, 6.07) is 4.73. The third-order valence-electron chi connectivity index (χ3n) is 11.2. The second-order valence-corrected chi connectivity index (χ2v) is 16.5. The Bertz CT molecular complexity index is 741. The van der Waals surface area contributed by atoms with E-state index < -0.39 is 0 Å². The van der Waals surface area contributed by atoms with Gasteiger partial charge in [-0.3, -0.25) is 0 Å². The largest absolute Gasteiger partial charge is 0.507 e. The first-order valence-electron chi connectivity index (χ1n) is 24.0. The number of hydrogen-bond donors (Lipinski definition) is 1. The van der Waals surface area contributed by atoms with E-state index in [1.54, 1.807) is 0 Å². The van der Waals surface area contributed by atoms with Gasteiger partial charge in [0.2, 0.25) is 0 Å². The van der Waals surface area contributed by atoms with E-state index in [0.29, 0.717) is 5.75 Å². The van der Waals surface area contributed by atoms with Crippen LogP contribution in [0, 0.1) is 0 Å². The Morgan fingerprint density at radius 1 is 0.275 bits per heavy atom. The van der Waals surface area contributed by atoms with Gasteiger partial charge < -0.3 is 5.11 Å². The van der Waals surface area contributed by atoms with Crippen LogP contribution >= 0.6 is 0 Å². The Hall–Kier alpha value is -0.980. The molecule has 0 spiro atoms. The molecule has 0 saturated heterocycles. The molecule has 0 fully saturated rings. The van der Waals surface area contributed by atoms with Crippen molar-refractivity contribution in [1.29, 1.82) is 0 Å². The second kappa shape index (κ2) is 41.8. The maximum absolute atomic E-state index is 11.2. The van der Waals surface area contributed by atoms with E-state index in [1.807, 2.05) is 0 Å². The van der Waals surface area contributed by atoms with Crippen molar-refractivity contribution < 1.29 is 5.11 Å². The zero-order valence-electron chi connectivity index (χ0n) is 36.2. The van der Waals surface area contributed by atoms with Crippen LogP contribution < -0.4 is 0 Å². The van der Waals surface area contributed by atoms with Gasteiger partial charge in [0.25, 0.3) is 0 Å². The highest BCUT2D eigenvalue weighted by Gasteiger charge is 2.11. The molecule has 0 atom stereocenters. The smallest absolute Gasteiger partial charge is 0.121 e. The number of aryl methyl sites for hydroxylation is 3. The van der Waals surface area contributed by atoms with Gasteiger partial charge in [0.1, 0.15) is 5.75 Å². The van der Waals surface area contributed by atoms with E-state index in [1.165, 1.54) is 254 Å². The molecule has 0 aromatic heterocycles. The normalized spacial score (nSPS) is 11.2. The summed E-state index contributed by atoms with van der Waals surface area (Å²) in [5, 5.41) is 11.2. The van der Waals surface area contributed by atoms with E-state index in [-0.39, 0.29) is 0 Å². The molecule has 302 valence electrons. The molecule has 1 aromatic rings. The van der Waals surface area contributed by atoms with Gasteiger partial charge in [-0.1, -0.05) is 259 Å². The predicted octanol–water partition coefficient (Wildman–Crippen LogP) is 18.1. The first-order chi connectivity index (χ1) is 25.1. The van der Waals surface area contributed by atoms with Crippen LogP contribution in [0.25, 0.3) is 0 Å². The monoisotopic (exact) mass is 713 g/mol. The van der Waals surface area contributed by atoms with E-state index >= 15 is 0 Å². The van der Waals surface area contributed by atoms with Crippen molar-refractivity contribution in [3.63, 3.8) is 0 Å². The van der Waals surface area contributed by atoms with Crippen molar-refractivity contribution in [1.82, 2.24) is 0 Å². The summed E-state index contributed by atoms with van der Waals surface area (Å²) in [4.78, 5) is 0. The van der Waals surface area contributed by atoms with Gasteiger partial charge in [0, 0.05) is 0 Å². The fraction of sp³-hybridized carbons (Fsp3) is 0.880. The quantitative estimate of drug-likeness (QED) is 0.0677. The number of benzene rings is 1. The summed E-state index contributed by atoms with van der Waals surface area (Å²) in [6.45, 7) is 11.4. The number of phenolic OH excluding ortho intramolecular Hbond substituents is 1. The number of phenols is 1. The van der Waals surface area contributed by atoms with Gasteiger partial charge in [-0.05, 0) is 55.2 Å². The third kappa shape index (κ3) is 34.5. The van der Waals surface area contributed by atoms with E-state index in [4.69, 9.17) is 0 Å². The van der Waals surface area contributed by atoms with Gasteiger partial charge in [-0.2, -0.15) is 0 Å². The zero-order chi connectivity index (χ0) is 37.3. The maximum atomic E-state index is 11.2. The lowest BCUT2D eigenvalue weighted by molar-refractivity contribution is 0.456. The SMILES string of the molecule is CCCCCCC.CCCCCCCCCCCCCCCc1cc(CCCCCCC)cc(CCCCCCCCCCCCCCC)c1O. The highest BCUT2D eigenvalue weighted by Crippen LogP contribution is 2.29. The molecule has 0 heterocycles. The highest BCUT2D eigenvalue weighted by atomic mass is 16.3. The molecule has 1 nitrogen and oxygen atoms in total. The number of aromatic hydroxyl groups is 1. The molecule has 0 aliphatic rings. The average molecular weight is 713 g/mol. The molecule has 0 saturated carbocycles. The fourth-order valence-electron chi connectivity index (χ4n) is 7.63. The van der Waals surface area contributed by atoms with Crippen molar-refractivity contribution in [2.24, 2.45) is 0 Å². The van der Waals surface area contributed by atoms with Crippen LogP contribution in [0.15, 0.2) is 12.1 Å². The number of hydrogen-bond acceptors (Lipinski definition) is 1. The third-order valence-corrected chi connectivity index (χ3v) is 11.2. The molecule has 0 aliphatic heterocycles. The molecule has 0 bridgehead atoms. The average Bonchev–Trinajstić information content (AvgIpc) is 3.14. The molecule has 1 rings (SSSR count). The lowest BCUT2D eigenvalue weighted by atomic mass is 9.94. The molecular weight excluding hydrogens is 617 g/mol. The molecule has 51 heavy (non-hydrogen) atoms. The van der Waals surface area contributed by atoms with Crippen LogP contribution in [0.1, 0.15) is 282 Å². The Labute approximate surface area is 323 Å². The van der Waals surface area contributed by atoms with Gasteiger partial charge in [0.05, 0.1) is 0 Å². The lowest BCUT2D eigenvalue weighted by Gasteiger charge is -2.14. The standard InChI is InChI=1S/C43H80O.C7H16/c1-4-7-10-13-15-17-19-21-23-25-27-30-33-36-41-38-40(35-32-29-12-9-6-3)39-42(43(41)44)37-34-31-28-26-24-22-20-18-16-14-11-8-5-2;1-3-5-7-6-4-2/h38-39,44H,4-37H2,1-3H3;3-7H2,1-2H3. The van der Waals surface area contributed by atoms with Gasteiger partial charge in [-0.25, -0.2) is 0 Å². The summed E-state index contributed by atoms with van der Waals surface area (Å²) >= 11 is 0. The first-order valence-corrected chi connectivity index (χ1v) is 24.0. The summed E-state index contributed by atoms with van der Waals surface area (Å²) in [7, 11) is 0. The van der Waals surface area contributed by atoms with Crippen molar-refractivity contribution in [3.8, 4) is 5.75 Å². The molecule has 1 N–H and O–H groups in total. The summed E-state index contributed by atoms with van der Waals surface area (Å²) in [5.74, 6) is 0.637. The fourth-order valence-corrected chi connectivity index (χ4v) is 7.63. The van der Waals surface area contributed by atoms with Crippen LogP contribution in [0.2, 0.25) is 0 Å². The molecular formula is C50H96O. The molecule has 1 heteroatoms. The molecule has 0 amide bonds. The minimum absolute atomic E-state index is 0.637. The second-order valence-electron chi connectivity index (χ2n) is 16.5. The molecule has 0 radical (unpaired) electrons. The maximum Gasteiger partial charge on any atom is 0.121 e. The molecule has 1 aromatic carbocycles. The van der Waals surface area contributed by atoms with Crippen molar-refractivity contribution >= 4 is 0 Å². The van der Waals surface area contributed by atoms with Crippen LogP contribution in [-0.4, -0.2) is 5.11 Å². The zero-order valence-corrected chi connectivity index (χ0v) is 36.2. The minimum Gasteiger partial charge on any atom is -0.507 e. The summed E-state index contributed by atoms with van der Waals surface area (Å²) < 4.78 is 0. The van der Waals surface area contributed by atoms with Gasteiger partial charge in [0.15, 0.2) is 0 Å². The van der Waals surface area contributed by atoms with Crippen LogP contribution in [0.5, 0.6) is 5.75 Å². The lowest BCUT2D eigenvalue weighted by Crippen LogP contribution is -1.98. The Morgan fingerprint density at radius 2 is 0.471 bits per heavy atom.